The number of nitrogen functional groups attached to an aromatic ring is 1. The average molecular weight is 242 g/mol. The molecule has 0 fully saturated rings. The third-order valence-electron chi connectivity index (χ3n) is 2.24. The van der Waals surface area contributed by atoms with Gasteiger partial charge in [-0.05, 0) is 11.6 Å². The van der Waals surface area contributed by atoms with Gasteiger partial charge in [-0.25, -0.2) is 9.97 Å². The Morgan fingerprint density at radius 3 is 2.56 bits per heavy atom. The molecule has 2 aromatic rings. The molecule has 0 aliphatic carbocycles. The maximum atomic E-state index is 10.5. The van der Waals surface area contributed by atoms with E-state index in [1.54, 1.807) is 12.2 Å². The van der Waals surface area contributed by atoms with Crippen molar-refractivity contribution < 1.29 is 4.92 Å². The molecule has 90 valence electrons. The summed E-state index contributed by atoms with van der Waals surface area (Å²) in [7, 11) is 0. The van der Waals surface area contributed by atoms with Crippen molar-refractivity contribution in [1.82, 2.24) is 9.97 Å². The molecule has 0 aliphatic rings. The van der Waals surface area contributed by atoms with Crippen LogP contribution in [0.15, 0.2) is 36.5 Å². The molecule has 0 amide bonds. The lowest BCUT2D eigenvalue weighted by Crippen LogP contribution is -2.01. The first kappa shape index (κ1) is 11.7. The van der Waals surface area contributed by atoms with Gasteiger partial charge in [0.1, 0.15) is 6.20 Å². The van der Waals surface area contributed by atoms with Gasteiger partial charge >= 0.3 is 5.69 Å². The molecule has 1 aromatic carbocycles. The Bertz CT molecular complexity index is 596. The van der Waals surface area contributed by atoms with E-state index in [9.17, 15) is 10.1 Å². The summed E-state index contributed by atoms with van der Waals surface area (Å²) >= 11 is 0. The lowest BCUT2D eigenvalue weighted by Gasteiger charge is -1.97. The highest BCUT2D eigenvalue weighted by atomic mass is 16.6. The summed E-state index contributed by atoms with van der Waals surface area (Å²) in [6.07, 6.45) is 4.56. The quantitative estimate of drug-likeness (QED) is 0.657. The lowest BCUT2D eigenvalue weighted by atomic mass is 10.2. The number of hydrogen-bond acceptors (Lipinski definition) is 5. The molecule has 1 aromatic heterocycles. The Morgan fingerprint density at radius 1 is 1.22 bits per heavy atom. The Balaban J connectivity index is 2.23. The van der Waals surface area contributed by atoms with E-state index in [2.05, 4.69) is 9.97 Å². The molecule has 1 heterocycles. The standard InChI is InChI=1S/C12H10N4O2/c13-12-10(16(17)18)8-14-11(15-12)7-6-9-4-2-1-3-5-9/h1-8H,(H2,13,14,15)/b7-6+. The molecule has 0 aliphatic heterocycles. The number of nitrogens with two attached hydrogens (primary N) is 1. The van der Waals surface area contributed by atoms with Crippen LogP contribution >= 0.6 is 0 Å². The molecule has 2 rings (SSSR count). The van der Waals surface area contributed by atoms with Crippen LogP contribution in [0.5, 0.6) is 0 Å². The Kier molecular flexibility index (Phi) is 3.29. The number of nitrogens with zero attached hydrogens (tertiary/aromatic N) is 3. The van der Waals surface area contributed by atoms with Crippen LogP contribution in [0.2, 0.25) is 0 Å². The predicted molar refractivity (Wildman–Crippen MR) is 68.5 cm³/mol. The number of anilines is 1. The van der Waals surface area contributed by atoms with Gasteiger partial charge in [-0.3, -0.25) is 10.1 Å². The number of rotatable bonds is 3. The summed E-state index contributed by atoms with van der Waals surface area (Å²) in [6, 6.07) is 9.57. The van der Waals surface area contributed by atoms with Gasteiger partial charge in [0, 0.05) is 0 Å². The number of benzene rings is 1. The fourth-order valence-corrected chi connectivity index (χ4v) is 1.36. The van der Waals surface area contributed by atoms with Gasteiger partial charge in [0.25, 0.3) is 0 Å². The van der Waals surface area contributed by atoms with Gasteiger partial charge in [-0.1, -0.05) is 36.4 Å². The van der Waals surface area contributed by atoms with Gasteiger partial charge in [-0.2, -0.15) is 0 Å². The van der Waals surface area contributed by atoms with Crippen LogP contribution in [0.4, 0.5) is 11.5 Å². The average Bonchev–Trinajstić information content (AvgIpc) is 2.37. The zero-order valence-corrected chi connectivity index (χ0v) is 9.35. The molecule has 6 nitrogen and oxygen atoms in total. The minimum absolute atomic E-state index is 0.136. The monoisotopic (exact) mass is 242 g/mol. The summed E-state index contributed by atoms with van der Waals surface area (Å²) in [5.41, 5.74) is 6.16. The van der Waals surface area contributed by atoms with Gasteiger partial charge < -0.3 is 5.73 Å². The van der Waals surface area contributed by atoms with Gasteiger partial charge in [-0.15, -0.1) is 0 Å². The van der Waals surface area contributed by atoms with Crippen molar-refractivity contribution in [2.45, 2.75) is 0 Å². The summed E-state index contributed by atoms with van der Waals surface area (Å²) in [6.45, 7) is 0. The van der Waals surface area contributed by atoms with E-state index in [1.165, 1.54) is 0 Å². The molecule has 18 heavy (non-hydrogen) atoms. The van der Waals surface area contributed by atoms with Crippen LogP contribution in [0, 0.1) is 10.1 Å². The van der Waals surface area contributed by atoms with E-state index in [-0.39, 0.29) is 11.5 Å². The molecule has 0 bridgehead atoms. The minimum Gasteiger partial charge on any atom is -0.378 e. The van der Waals surface area contributed by atoms with E-state index in [0.717, 1.165) is 11.8 Å². The SMILES string of the molecule is Nc1nc(/C=C/c2ccccc2)ncc1[N+](=O)[O-]. The molecule has 2 N–H and O–H groups in total. The normalized spacial score (nSPS) is 10.7. The van der Waals surface area contributed by atoms with Crippen molar-refractivity contribution >= 4 is 23.7 Å². The summed E-state index contributed by atoms with van der Waals surface area (Å²) < 4.78 is 0. The van der Waals surface area contributed by atoms with Crippen molar-refractivity contribution in [2.24, 2.45) is 0 Å². The van der Waals surface area contributed by atoms with Gasteiger partial charge in [0.15, 0.2) is 5.82 Å². The van der Waals surface area contributed by atoms with E-state index < -0.39 is 4.92 Å². The molecule has 0 saturated heterocycles. The lowest BCUT2D eigenvalue weighted by molar-refractivity contribution is -0.384. The van der Waals surface area contributed by atoms with Crippen LogP contribution in [0.1, 0.15) is 11.4 Å². The molecule has 0 unspecified atom stereocenters. The van der Waals surface area contributed by atoms with Crippen molar-refractivity contribution in [3.05, 3.63) is 58.0 Å². The minimum atomic E-state index is -0.611. The van der Waals surface area contributed by atoms with Crippen molar-refractivity contribution in [2.75, 3.05) is 5.73 Å². The predicted octanol–water partition coefficient (Wildman–Crippen LogP) is 2.14. The Morgan fingerprint density at radius 2 is 1.94 bits per heavy atom. The fourth-order valence-electron chi connectivity index (χ4n) is 1.36. The second-order valence-corrected chi connectivity index (χ2v) is 3.50. The summed E-state index contributed by atoms with van der Waals surface area (Å²) in [5.74, 6) is 0.199. The fraction of sp³-hybridized carbons (Fsp3) is 0. The zero-order chi connectivity index (χ0) is 13.0. The smallest absolute Gasteiger partial charge is 0.329 e. The number of hydrogen-bond donors (Lipinski definition) is 1. The summed E-state index contributed by atoms with van der Waals surface area (Å²) in [4.78, 5) is 17.6. The first-order valence-electron chi connectivity index (χ1n) is 5.17. The third kappa shape index (κ3) is 2.67. The van der Waals surface area contributed by atoms with Crippen LogP contribution in [-0.4, -0.2) is 14.9 Å². The largest absolute Gasteiger partial charge is 0.378 e. The molecule has 0 radical (unpaired) electrons. The second kappa shape index (κ2) is 5.05. The first-order valence-corrected chi connectivity index (χ1v) is 5.17. The molecule has 6 heteroatoms. The van der Waals surface area contributed by atoms with Crippen LogP contribution in [0.3, 0.4) is 0 Å². The zero-order valence-electron chi connectivity index (χ0n) is 9.35. The first-order chi connectivity index (χ1) is 8.66. The van der Waals surface area contributed by atoms with E-state index in [4.69, 9.17) is 5.73 Å². The molecule has 0 atom stereocenters. The molecule has 0 saturated carbocycles. The van der Waals surface area contributed by atoms with E-state index in [0.29, 0.717) is 5.82 Å². The second-order valence-electron chi connectivity index (χ2n) is 3.50. The highest BCUT2D eigenvalue weighted by molar-refractivity contribution is 5.67. The van der Waals surface area contributed by atoms with Crippen LogP contribution in [-0.2, 0) is 0 Å². The third-order valence-corrected chi connectivity index (χ3v) is 2.24. The highest BCUT2D eigenvalue weighted by Crippen LogP contribution is 2.17. The van der Waals surface area contributed by atoms with E-state index in [1.807, 2.05) is 30.3 Å². The van der Waals surface area contributed by atoms with Gasteiger partial charge in [0.05, 0.1) is 4.92 Å². The molecular weight excluding hydrogens is 232 g/mol. The molecule has 0 spiro atoms. The van der Waals surface area contributed by atoms with Crippen LogP contribution < -0.4 is 5.73 Å². The number of aromatic nitrogens is 2. The highest BCUT2D eigenvalue weighted by Gasteiger charge is 2.12. The topological polar surface area (TPSA) is 94.9 Å². The van der Waals surface area contributed by atoms with Crippen molar-refractivity contribution in [3.63, 3.8) is 0 Å². The maximum Gasteiger partial charge on any atom is 0.329 e. The van der Waals surface area contributed by atoms with Crippen LogP contribution in [0.25, 0.3) is 12.2 Å². The van der Waals surface area contributed by atoms with E-state index >= 15 is 0 Å². The number of nitro groups is 1. The Labute approximate surface area is 103 Å². The Hall–Kier alpha value is -2.76. The summed E-state index contributed by atoms with van der Waals surface area (Å²) in [5, 5.41) is 10.5. The van der Waals surface area contributed by atoms with Gasteiger partial charge in [0.2, 0.25) is 5.82 Å². The van der Waals surface area contributed by atoms with Crippen molar-refractivity contribution in [1.29, 1.82) is 0 Å². The van der Waals surface area contributed by atoms with Crippen molar-refractivity contribution in [3.8, 4) is 0 Å². The maximum absolute atomic E-state index is 10.5. The molecular formula is C12H10N4O2.